The highest BCUT2D eigenvalue weighted by Crippen LogP contribution is 2.29. The first-order valence-electron chi connectivity index (χ1n) is 4.86. The van der Waals surface area contributed by atoms with Crippen molar-refractivity contribution in [1.82, 2.24) is 0 Å². The van der Waals surface area contributed by atoms with Crippen LogP contribution in [0.4, 0.5) is 8.78 Å². The van der Waals surface area contributed by atoms with E-state index < -0.39 is 12.6 Å². The molecule has 0 bridgehead atoms. The van der Waals surface area contributed by atoms with E-state index in [0.29, 0.717) is 12.0 Å². The monoisotopic (exact) mass is 246 g/mol. The van der Waals surface area contributed by atoms with Crippen molar-refractivity contribution >= 4 is 5.97 Å². The SMILES string of the molecule is COc1cc(CCC(=O)O)ccc1OC(F)F. The van der Waals surface area contributed by atoms with Crippen LogP contribution in [0, 0.1) is 0 Å². The number of carboxylic acid groups (broad SMARTS) is 1. The van der Waals surface area contributed by atoms with E-state index >= 15 is 0 Å². The Morgan fingerprint density at radius 1 is 1.41 bits per heavy atom. The van der Waals surface area contributed by atoms with Gasteiger partial charge in [0.2, 0.25) is 0 Å². The van der Waals surface area contributed by atoms with Gasteiger partial charge in [-0.2, -0.15) is 8.78 Å². The van der Waals surface area contributed by atoms with Gasteiger partial charge in [-0.05, 0) is 24.1 Å². The summed E-state index contributed by atoms with van der Waals surface area (Å²) in [6.45, 7) is -2.92. The number of aryl methyl sites for hydroxylation is 1. The lowest BCUT2D eigenvalue weighted by Crippen LogP contribution is -2.04. The number of methoxy groups -OCH3 is 1. The third-order valence-electron chi connectivity index (χ3n) is 2.07. The minimum Gasteiger partial charge on any atom is -0.493 e. The number of hydrogen-bond acceptors (Lipinski definition) is 3. The molecular weight excluding hydrogens is 234 g/mol. The standard InChI is InChI=1S/C11H12F2O4/c1-16-9-6-7(3-5-10(14)15)2-4-8(9)17-11(12)13/h2,4,6,11H,3,5H2,1H3,(H,14,15). The molecule has 17 heavy (non-hydrogen) atoms. The first kappa shape index (κ1) is 13.2. The molecule has 0 aliphatic rings. The van der Waals surface area contributed by atoms with Crippen molar-refractivity contribution in [1.29, 1.82) is 0 Å². The fourth-order valence-corrected chi connectivity index (χ4v) is 1.31. The van der Waals surface area contributed by atoms with Crippen LogP contribution in [0.5, 0.6) is 11.5 Å². The van der Waals surface area contributed by atoms with Gasteiger partial charge in [0, 0.05) is 6.42 Å². The van der Waals surface area contributed by atoms with E-state index in [-0.39, 0.29) is 17.9 Å². The molecule has 94 valence electrons. The van der Waals surface area contributed by atoms with Crippen LogP contribution in [0.2, 0.25) is 0 Å². The highest BCUT2D eigenvalue weighted by molar-refractivity contribution is 5.67. The van der Waals surface area contributed by atoms with Crippen molar-refractivity contribution < 1.29 is 28.2 Å². The maximum absolute atomic E-state index is 12.0. The molecule has 1 N–H and O–H groups in total. The zero-order valence-corrected chi connectivity index (χ0v) is 9.15. The molecule has 0 atom stereocenters. The molecule has 0 saturated carbocycles. The average molecular weight is 246 g/mol. The molecular formula is C11H12F2O4. The summed E-state index contributed by atoms with van der Waals surface area (Å²) in [6, 6.07) is 4.35. The summed E-state index contributed by atoms with van der Waals surface area (Å²) in [5.74, 6) is -0.827. The Hall–Kier alpha value is -1.85. The van der Waals surface area contributed by atoms with Gasteiger partial charge in [-0.15, -0.1) is 0 Å². The van der Waals surface area contributed by atoms with Gasteiger partial charge in [0.1, 0.15) is 0 Å². The van der Waals surface area contributed by atoms with E-state index in [1.165, 1.54) is 25.3 Å². The Balaban J connectivity index is 2.80. The van der Waals surface area contributed by atoms with Gasteiger partial charge in [0.25, 0.3) is 0 Å². The molecule has 0 radical (unpaired) electrons. The quantitative estimate of drug-likeness (QED) is 0.836. The van der Waals surface area contributed by atoms with Gasteiger partial charge in [0.05, 0.1) is 7.11 Å². The number of halogens is 2. The Labute approximate surface area is 96.8 Å². The van der Waals surface area contributed by atoms with E-state index in [1.54, 1.807) is 0 Å². The van der Waals surface area contributed by atoms with E-state index in [2.05, 4.69) is 4.74 Å². The van der Waals surface area contributed by atoms with Crippen LogP contribution in [0.1, 0.15) is 12.0 Å². The molecule has 0 fully saturated rings. The van der Waals surface area contributed by atoms with Gasteiger partial charge >= 0.3 is 12.6 Å². The summed E-state index contributed by atoms with van der Waals surface area (Å²) in [5.41, 5.74) is 0.686. The zero-order valence-electron chi connectivity index (χ0n) is 9.15. The van der Waals surface area contributed by atoms with Crippen LogP contribution in [0.3, 0.4) is 0 Å². The normalized spacial score (nSPS) is 10.4. The van der Waals surface area contributed by atoms with E-state index in [9.17, 15) is 13.6 Å². The molecule has 1 aromatic carbocycles. The number of carboxylic acids is 1. The van der Waals surface area contributed by atoms with Crippen LogP contribution < -0.4 is 9.47 Å². The van der Waals surface area contributed by atoms with Crippen molar-refractivity contribution in [3.05, 3.63) is 23.8 Å². The van der Waals surface area contributed by atoms with Crippen molar-refractivity contribution in [2.75, 3.05) is 7.11 Å². The maximum atomic E-state index is 12.0. The van der Waals surface area contributed by atoms with Crippen LogP contribution >= 0.6 is 0 Å². The molecule has 4 nitrogen and oxygen atoms in total. The molecule has 0 aliphatic carbocycles. The minimum atomic E-state index is -2.92. The molecule has 1 rings (SSSR count). The molecule has 0 heterocycles. The van der Waals surface area contributed by atoms with E-state index in [1.807, 2.05) is 0 Å². The number of aliphatic carboxylic acids is 1. The van der Waals surface area contributed by atoms with Gasteiger partial charge in [-0.3, -0.25) is 4.79 Å². The zero-order chi connectivity index (χ0) is 12.8. The Kier molecular flexibility index (Phi) is 4.68. The first-order chi connectivity index (χ1) is 8.02. The predicted molar refractivity (Wildman–Crippen MR) is 55.6 cm³/mol. The van der Waals surface area contributed by atoms with Crippen LogP contribution in [-0.4, -0.2) is 24.8 Å². The lowest BCUT2D eigenvalue weighted by atomic mass is 10.1. The van der Waals surface area contributed by atoms with Gasteiger partial charge in [-0.1, -0.05) is 6.07 Å². The Morgan fingerprint density at radius 3 is 2.65 bits per heavy atom. The fourth-order valence-electron chi connectivity index (χ4n) is 1.31. The Morgan fingerprint density at radius 2 is 2.12 bits per heavy atom. The molecule has 0 amide bonds. The third kappa shape index (κ3) is 4.26. The lowest BCUT2D eigenvalue weighted by molar-refractivity contribution is -0.136. The third-order valence-corrected chi connectivity index (χ3v) is 2.07. The van der Waals surface area contributed by atoms with Crippen LogP contribution in [0.25, 0.3) is 0 Å². The highest BCUT2D eigenvalue weighted by atomic mass is 19.3. The summed E-state index contributed by atoms with van der Waals surface area (Å²) in [5, 5.41) is 8.52. The molecule has 1 aromatic rings. The molecule has 0 aromatic heterocycles. The van der Waals surface area contributed by atoms with Gasteiger partial charge in [-0.25, -0.2) is 0 Å². The van der Waals surface area contributed by atoms with Gasteiger partial charge < -0.3 is 14.6 Å². The number of alkyl halides is 2. The maximum Gasteiger partial charge on any atom is 0.387 e. The number of carbonyl (C=O) groups is 1. The smallest absolute Gasteiger partial charge is 0.387 e. The second-order valence-corrected chi connectivity index (χ2v) is 3.26. The Bertz CT molecular complexity index is 393. The summed E-state index contributed by atoms with van der Waals surface area (Å²) < 4.78 is 33.2. The molecule has 6 heteroatoms. The van der Waals surface area contributed by atoms with Crippen molar-refractivity contribution in [3.8, 4) is 11.5 Å². The second-order valence-electron chi connectivity index (χ2n) is 3.26. The minimum absolute atomic E-state index is 0.0296. The second kappa shape index (κ2) is 6.03. The van der Waals surface area contributed by atoms with E-state index in [4.69, 9.17) is 9.84 Å². The summed E-state index contributed by atoms with van der Waals surface area (Å²) in [7, 11) is 1.33. The van der Waals surface area contributed by atoms with Crippen molar-refractivity contribution in [3.63, 3.8) is 0 Å². The van der Waals surface area contributed by atoms with E-state index in [0.717, 1.165) is 0 Å². The fraction of sp³-hybridized carbons (Fsp3) is 0.364. The first-order valence-corrected chi connectivity index (χ1v) is 4.86. The largest absolute Gasteiger partial charge is 0.493 e. The average Bonchev–Trinajstić information content (AvgIpc) is 2.26. The highest BCUT2D eigenvalue weighted by Gasteiger charge is 2.11. The van der Waals surface area contributed by atoms with Crippen LogP contribution in [0.15, 0.2) is 18.2 Å². The number of rotatable bonds is 6. The molecule has 0 aliphatic heterocycles. The lowest BCUT2D eigenvalue weighted by Gasteiger charge is -2.10. The van der Waals surface area contributed by atoms with Crippen molar-refractivity contribution in [2.24, 2.45) is 0 Å². The summed E-state index contributed by atoms with van der Waals surface area (Å²) in [4.78, 5) is 10.4. The molecule has 0 unspecified atom stereocenters. The summed E-state index contributed by atoms with van der Waals surface area (Å²) in [6.07, 6.45) is 0.277. The molecule has 0 spiro atoms. The number of benzene rings is 1. The number of hydrogen-bond donors (Lipinski definition) is 1. The topological polar surface area (TPSA) is 55.8 Å². The predicted octanol–water partition coefficient (Wildman–Crippen LogP) is 2.31. The summed E-state index contributed by atoms with van der Waals surface area (Å²) >= 11 is 0. The van der Waals surface area contributed by atoms with Gasteiger partial charge in [0.15, 0.2) is 11.5 Å². The number of ether oxygens (including phenoxy) is 2. The van der Waals surface area contributed by atoms with Crippen molar-refractivity contribution in [2.45, 2.75) is 19.5 Å². The molecule has 0 saturated heterocycles. The van der Waals surface area contributed by atoms with Crippen LogP contribution in [-0.2, 0) is 11.2 Å².